The highest BCUT2D eigenvalue weighted by atomic mass is 14.5. The largest absolute Gasteiger partial charge is 0.399 e. The van der Waals surface area contributed by atoms with Crippen molar-refractivity contribution in [3.8, 4) is 0 Å². The molecule has 0 aliphatic heterocycles. The van der Waals surface area contributed by atoms with Crippen LogP contribution in [0.3, 0.4) is 0 Å². The van der Waals surface area contributed by atoms with Gasteiger partial charge >= 0.3 is 0 Å². The third kappa shape index (κ3) is 4.22. The van der Waals surface area contributed by atoms with E-state index in [2.05, 4.69) is 0 Å². The Hall–Kier alpha value is -1.64. The number of hydrogen-bond donors (Lipinski definition) is 3. The lowest BCUT2D eigenvalue weighted by atomic mass is 10.2. The number of nitrogen functional groups attached to an aromatic ring is 1. The molecule has 0 radical (unpaired) electrons. The van der Waals surface area contributed by atoms with Crippen LogP contribution in [0.15, 0.2) is 24.3 Å². The van der Waals surface area contributed by atoms with Crippen molar-refractivity contribution in [2.75, 3.05) is 5.73 Å². The molecule has 0 aromatic heterocycles. The summed E-state index contributed by atoms with van der Waals surface area (Å²) in [7, 11) is 0. The summed E-state index contributed by atoms with van der Waals surface area (Å²) in [5.41, 5.74) is 7.53. The number of nitrogens with two attached hydrogens (primary N) is 1. The van der Waals surface area contributed by atoms with Crippen molar-refractivity contribution in [3.05, 3.63) is 29.8 Å². The lowest BCUT2D eigenvalue weighted by Crippen LogP contribution is -1.85. The van der Waals surface area contributed by atoms with Crippen molar-refractivity contribution in [2.45, 2.75) is 6.92 Å². The second-order valence-electron chi connectivity index (χ2n) is 2.19. The summed E-state index contributed by atoms with van der Waals surface area (Å²) in [4.78, 5) is 0. The molecule has 0 heterocycles. The monoisotopic (exact) mass is 163 g/mol. The molecule has 0 aliphatic rings. The Labute approximate surface area is 72.2 Å². The summed E-state index contributed by atoms with van der Waals surface area (Å²) in [6, 6.07) is 7.80. The van der Waals surface area contributed by atoms with Gasteiger partial charge in [-0.15, -0.1) is 0 Å². The fraction of sp³-hybridized carbons (Fsp3) is 0.111. The average molecular weight is 163 g/mol. The first-order valence-electron chi connectivity index (χ1n) is 3.53. The van der Waals surface area contributed by atoms with Crippen molar-refractivity contribution in [2.24, 2.45) is 0 Å². The van der Waals surface area contributed by atoms with Gasteiger partial charge in [-0.3, -0.25) is 0 Å². The molecule has 0 amide bonds. The third-order valence-electron chi connectivity index (χ3n) is 1.27. The summed E-state index contributed by atoms with van der Waals surface area (Å²) in [5, 5.41) is 12.2. The Kier molecular flexibility index (Phi) is 5.26. The molecule has 0 atom stereocenters. The van der Waals surface area contributed by atoms with Gasteiger partial charge in [0.2, 0.25) is 0 Å². The Balaban J connectivity index is 0.000000261. The fourth-order valence-corrected chi connectivity index (χ4v) is 0.587. The smallest absolute Gasteiger partial charge is 0.0353 e. The van der Waals surface area contributed by atoms with Gasteiger partial charge < -0.3 is 16.6 Å². The summed E-state index contributed by atoms with van der Waals surface area (Å²) >= 11 is 0. The molecule has 3 heteroatoms. The zero-order valence-electron chi connectivity index (χ0n) is 7.04. The van der Waals surface area contributed by atoms with Gasteiger partial charge in [-0.05, 0) is 18.6 Å². The van der Waals surface area contributed by atoms with E-state index in [-0.39, 0.29) is 0 Å². The normalized spacial score (nSPS) is 7.75. The van der Waals surface area contributed by atoms with Crippen molar-refractivity contribution >= 4 is 18.1 Å². The molecular weight excluding hydrogens is 150 g/mol. The standard InChI is InChI=1S/C7H9N.C2H4N2/c1-6-4-2-3-5-7(6)8;3-1-2-4/h2-5H,8H2,1H3;1-4H. The van der Waals surface area contributed by atoms with E-state index in [1.165, 1.54) is 0 Å². The number of aryl methyl sites for hydroxylation is 1. The average Bonchev–Trinajstić information content (AvgIpc) is 2.11. The summed E-state index contributed by atoms with van der Waals surface area (Å²) in [6.45, 7) is 2.00. The van der Waals surface area contributed by atoms with Crippen LogP contribution < -0.4 is 5.73 Å². The highest BCUT2D eigenvalue weighted by molar-refractivity contribution is 6.12. The molecule has 0 saturated carbocycles. The molecule has 4 N–H and O–H groups in total. The fourth-order valence-electron chi connectivity index (χ4n) is 0.587. The van der Waals surface area contributed by atoms with E-state index >= 15 is 0 Å². The number of hydrogen-bond acceptors (Lipinski definition) is 3. The number of anilines is 1. The molecular formula is C9H13N3. The molecule has 0 unspecified atom stereocenters. The molecule has 64 valence electrons. The molecule has 1 rings (SSSR count). The van der Waals surface area contributed by atoms with Gasteiger partial charge in [-0.25, -0.2) is 0 Å². The van der Waals surface area contributed by atoms with E-state index < -0.39 is 0 Å². The lowest BCUT2D eigenvalue weighted by molar-refractivity contribution is 1.47. The van der Waals surface area contributed by atoms with Gasteiger partial charge in [0, 0.05) is 18.1 Å². The first-order chi connectivity index (χ1) is 5.72. The van der Waals surface area contributed by atoms with Crippen LogP contribution in [0, 0.1) is 17.7 Å². The van der Waals surface area contributed by atoms with Crippen LogP contribution in [-0.4, -0.2) is 12.4 Å². The maximum atomic E-state index is 6.08. The first-order valence-corrected chi connectivity index (χ1v) is 3.53. The van der Waals surface area contributed by atoms with Gasteiger partial charge in [0.1, 0.15) is 0 Å². The summed E-state index contributed by atoms with van der Waals surface area (Å²) in [6.07, 6.45) is 1.83. The van der Waals surface area contributed by atoms with E-state index in [9.17, 15) is 0 Å². The molecule has 0 saturated heterocycles. The van der Waals surface area contributed by atoms with Crippen molar-refractivity contribution in [1.82, 2.24) is 0 Å². The molecule has 3 nitrogen and oxygen atoms in total. The summed E-state index contributed by atoms with van der Waals surface area (Å²) in [5.74, 6) is 0. The van der Waals surface area contributed by atoms with E-state index in [1.54, 1.807) is 0 Å². The molecule has 0 spiro atoms. The predicted molar refractivity (Wildman–Crippen MR) is 53.2 cm³/mol. The summed E-state index contributed by atoms with van der Waals surface area (Å²) < 4.78 is 0. The van der Waals surface area contributed by atoms with Crippen LogP contribution >= 0.6 is 0 Å². The number of benzene rings is 1. The predicted octanol–water partition coefficient (Wildman–Crippen LogP) is 1.86. The van der Waals surface area contributed by atoms with Gasteiger partial charge in [0.05, 0.1) is 0 Å². The zero-order chi connectivity index (χ0) is 9.40. The number of para-hydroxylation sites is 1. The quantitative estimate of drug-likeness (QED) is 0.429. The maximum absolute atomic E-state index is 6.08. The SMILES string of the molecule is Cc1ccccc1N.N=CC=N. The molecule has 0 fully saturated rings. The Morgan fingerprint density at radius 1 is 1.17 bits per heavy atom. The molecule has 0 bridgehead atoms. The van der Waals surface area contributed by atoms with Gasteiger partial charge in [0.25, 0.3) is 0 Å². The molecule has 0 aliphatic carbocycles. The molecule has 1 aromatic rings. The zero-order valence-corrected chi connectivity index (χ0v) is 7.04. The van der Waals surface area contributed by atoms with Crippen molar-refractivity contribution in [1.29, 1.82) is 10.8 Å². The Morgan fingerprint density at radius 2 is 1.67 bits per heavy atom. The Morgan fingerprint density at radius 3 is 1.92 bits per heavy atom. The minimum atomic E-state index is 0.868. The topological polar surface area (TPSA) is 73.7 Å². The Bertz CT molecular complexity index is 229. The highest BCUT2D eigenvalue weighted by Gasteiger charge is 1.84. The van der Waals surface area contributed by atoms with Gasteiger partial charge in [-0.1, -0.05) is 18.2 Å². The maximum Gasteiger partial charge on any atom is 0.0353 e. The second-order valence-corrected chi connectivity index (χ2v) is 2.19. The van der Waals surface area contributed by atoms with Crippen LogP contribution in [0.25, 0.3) is 0 Å². The first kappa shape index (κ1) is 10.4. The van der Waals surface area contributed by atoms with Crippen molar-refractivity contribution < 1.29 is 0 Å². The van der Waals surface area contributed by atoms with E-state index in [1.807, 2.05) is 31.2 Å². The minimum Gasteiger partial charge on any atom is -0.399 e. The third-order valence-corrected chi connectivity index (χ3v) is 1.27. The van der Waals surface area contributed by atoms with Crippen LogP contribution in [0.5, 0.6) is 0 Å². The highest BCUT2D eigenvalue weighted by Crippen LogP contribution is 2.06. The van der Waals surface area contributed by atoms with E-state index in [0.717, 1.165) is 23.7 Å². The molecule has 12 heavy (non-hydrogen) atoms. The minimum absolute atomic E-state index is 0.868. The van der Waals surface area contributed by atoms with Gasteiger partial charge in [0.15, 0.2) is 0 Å². The van der Waals surface area contributed by atoms with E-state index in [0.29, 0.717) is 0 Å². The number of rotatable bonds is 1. The number of nitrogens with one attached hydrogen (secondary N) is 2. The van der Waals surface area contributed by atoms with Crippen LogP contribution in [0.1, 0.15) is 5.56 Å². The van der Waals surface area contributed by atoms with E-state index in [4.69, 9.17) is 16.6 Å². The van der Waals surface area contributed by atoms with Crippen LogP contribution in [0.4, 0.5) is 5.69 Å². The van der Waals surface area contributed by atoms with Gasteiger partial charge in [-0.2, -0.15) is 0 Å². The molecule has 1 aromatic carbocycles. The second kappa shape index (κ2) is 6.09. The van der Waals surface area contributed by atoms with Crippen LogP contribution in [0.2, 0.25) is 0 Å². The lowest BCUT2D eigenvalue weighted by Gasteiger charge is -1.93. The van der Waals surface area contributed by atoms with Crippen LogP contribution in [-0.2, 0) is 0 Å². The van der Waals surface area contributed by atoms with Crippen molar-refractivity contribution in [3.63, 3.8) is 0 Å².